The van der Waals surface area contributed by atoms with Gasteiger partial charge in [0.1, 0.15) is 5.69 Å². The minimum atomic E-state index is -0.604. The van der Waals surface area contributed by atoms with Crippen LogP contribution < -0.4 is 10.6 Å². The summed E-state index contributed by atoms with van der Waals surface area (Å²) < 4.78 is 0. The Morgan fingerprint density at radius 2 is 2.30 bits per heavy atom. The quantitative estimate of drug-likeness (QED) is 0.637. The van der Waals surface area contributed by atoms with Gasteiger partial charge in [-0.1, -0.05) is 6.92 Å². The van der Waals surface area contributed by atoms with Crippen LogP contribution in [0.1, 0.15) is 12.5 Å². The van der Waals surface area contributed by atoms with Crippen molar-refractivity contribution in [3.05, 3.63) is 33.9 Å². The van der Waals surface area contributed by atoms with Gasteiger partial charge in [-0.3, -0.25) is 14.9 Å². The molecule has 1 aliphatic rings. The molecule has 1 aromatic rings. The molecule has 1 saturated heterocycles. The fourth-order valence-electron chi connectivity index (χ4n) is 2.24. The van der Waals surface area contributed by atoms with E-state index >= 15 is 0 Å². The molecule has 0 radical (unpaired) electrons. The van der Waals surface area contributed by atoms with Crippen LogP contribution in [0, 0.1) is 33.3 Å². The molecule has 1 fully saturated rings. The van der Waals surface area contributed by atoms with Gasteiger partial charge in [-0.2, -0.15) is 5.26 Å². The Hall–Kier alpha value is -2.46. The third-order valence-electron chi connectivity index (χ3n) is 3.44. The summed E-state index contributed by atoms with van der Waals surface area (Å²) in [5.74, 6) is -0.256. The molecule has 2 N–H and O–H groups in total. The van der Waals surface area contributed by atoms with E-state index in [0.717, 1.165) is 12.6 Å². The van der Waals surface area contributed by atoms with Crippen molar-refractivity contribution < 1.29 is 9.72 Å². The number of amides is 1. The van der Waals surface area contributed by atoms with Gasteiger partial charge in [-0.25, -0.2) is 0 Å². The molecular formula is C13H14N4O3. The van der Waals surface area contributed by atoms with E-state index in [4.69, 9.17) is 5.26 Å². The molecule has 7 nitrogen and oxygen atoms in total. The fraction of sp³-hybridized carbons (Fsp3) is 0.385. The Balaban J connectivity index is 2.23. The van der Waals surface area contributed by atoms with Crippen molar-refractivity contribution in [2.45, 2.75) is 6.92 Å². The molecule has 0 aliphatic carbocycles. The van der Waals surface area contributed by atoms with E-state index in [-0.39, 0.29) is 34.7 Å². The van der Waals surface area contributed by atoms with Crippen molar-refractivity contribution in [3.63, 3.8) is 0 Å². The summed E-state index contributed by atoms with van der Waals surface area (Å²) in [6.07, 6.45) is 0. The number of anilines is 1. The summed E-state index contributed by atoms with van der Waals surface area (Å²) in [6, 6.07) is 5.83. The zero-order chi connectivity index (χ0) is 14.7. The number of carbonyl (C=O) groups excluding carboxylic acids is 1. The highest BCUT2D eigenvalue weighted by Gasteiger charge is 2.30. The molecule has 1 amide bonds. The van der Waals surface area contributed by atoms with E-state index in [9.17, 15) is 14.9 Å². The number of nitro benzene ring substituents is 1. The second kappa shape index (κ2) is 5.67. The first kappa shape index (κ1) is 14.0. The van der Waals surface area contributed by atoms with Gasteiger partial charge in [0.15, 0.2) is 0 Å². The zero-order valence-electron chi connectivity index (χ0n) is 10.9. The smallest absolute Gasteiger partial charge is 0.294 e. The van der Waals surface area contributed by atoms with Crippen LogP contribution in [0.25, 0.3) is 0 Å². The summed E-state index contributed by atoms with van der Waals surface area (Å²) in [6.45, 7) is 3.28. The molecule has 0 spiro atoms. The van der Waals surface area contributed by atoms with Gasteiger partial charge in [0.2, 0.25) is 5.91 Å². The summed E-state index contributed by atoms with van der Waals surface area (Å²) >= 11 is 0. The molecule has 0 saturated carbocycles. The van der Waals surface area contributed by atoms with Crippen molar-refractivity contribution in [2.75, 3.05) is 18.4 Å². The minimum absolute atomic E-state index is 0.123. The largest absolute Gasteiger partial charge is 0.320 e. The van der Waals surface area contributed by atoms with Gasteiger partial charge in [-0.15, -0.1) is 0 Å². The Labute approximate surface area is 115 Å². The second-order valence-corrected chi connectivity index (χ2v) is 4.83. The second-order valence-electron chi connectivity index (χ2n) is 4.83. The van der Waals surface area contributed by atoms with E-state index in [1.165, 1.54) is 12.1 Å². The standard InChI is InChI=1S/C13H14N4O3/c1-8-6-15-7-10(8)13(18)16-11-3-2-9(5-14)4-12(11)17(19)20/h2-4,8,10,15H,6-7H2,1H3,(H,16,18). The molecule has 20 heavy (non-hydrogen) atoms. The molecule has 7 heteroatoms. The average molecular weight is 274 g/mol. The van der Waals surface area contributed by atoms with Crippen molar-refractivity contribution in [1.29, 1.82) is 5.26 Å². The van der Waals surface area contributed by atoms with E-state index in [1.807, 2.05) is 13.0 Å². The molecular weight excluding hydrogens is 260 g/mol. The van der Waals surface area contributed by atoms with Crippen LogP contribution in [0.3, 0.4) is 0 Å². The van der Waals surface area contributed by atoms with Crippen molar-refractivity contribution in [3.8, 4) is 6.07 Å². The lowest BCUT2D eigenvalue weighted by atomic mass is 9.97. The monoisotopic (exact) mass is 274 g/mol. The first-order valence-electron chi connectivity index (χ1n) is 6.23. The predicted molar refractivity (Wildman–Crippen MR) is 72.0 cm³/mol. The minimum Gasteiger partial charge on any atom is -0.320 e. The van der Waals surface area contributed by atoms with Gasteiger partial charge >= 0.3 is 0 Å². The van der Waals surface area contributed by atoms with Crippen LogP contribution in [-0.2, 0) is 4.79 Å². The number of hydrogen-bond donors (Lipinski definition) is 2. The van der Waals surface area contributed by atoms with Crippen molar-refractivity contribution >= 4 is 17.3 Å². The maximum absolute atomic E-state index is 12.1. The van der Waals surface area contributed by atoms with Crippen molar-refractivity contribution in [1.82, 2.24) is 5.32 Å². The molecule has 1 aliphatic heterocycles. The highest BCUT2D eigenvalue weighted by molar-refractivity contribution is 5.95. The SMILES string of the molecule is CC1CNCC1C(=O)Nc1ccc(C#N)cc1[N+](=O)[O-]. The van der Waals surface area contributed by atoms with Crippen LogP contribution in [0.15, 0.2) is 18.2 Å². The van der Waals surface area contributed by atoms with Gasteiger partial charge < -0.3 is 10.6 Å². The third-order valence-corrected chi connectivity index (χ3v) is 3.44. The van der Waals surface area contributed by atoms with E-state index in [2.05, 4.69) is 10.6 Å². The highest BCUT2D eigenvalue weighted by Crippen LogP contribution is 2.27. The molecule has 104 valence electrons. The van der Waals surface area contributed by atoms with E-state index in [0.29, 0.717) is 6.54 Å². The summed E-state index contributed by atoms with van der Waals surface area (Å²) in [5, 5.41) is 25.4. The number of nitriles is 1. The van der Waals surface area contributed by atoms with Crippen LogP contribution >= 0.6 is 0 Å². The van der Waals surface area contributed by atoms with Crippen LogP contribution in [-0.4, -0.2) is 23.9 Å². The normalized spacial score (nSPS) is 21.2. The Morgan fingerprint density at radius 3 is 2.85 bits per heavy atom. The van der Waals surface area contributed by atoms with Crippen LogP contribution in [0.4, 0.5) is 11.4 Å². The number of carbonyl (C=O) groups is 1. The summed E-state index contributed by atoms with van der Waals surface area (Å²) in [5.41, 5.74) is 0.0414. The molecule has 0 bridgehead atoms. The highest BCUT2D eigenvalue weighted by atomic mass is 16.6. The number of nitrogens with zero attached hydrogens (tertiary/aromatic N) is 2. The lowest BCUT2D eigenvalue weighted by Crippen LogP contribution is -2.28. The molecule has 2 rings (SSSR count). The molecule has 1 heterocycles. The number of nitro groups is 1. The first-order valence-corrected chi connectivity index (χ1v) is 6.23. The number of benzene rings is 1. The van der Waals surface area contributed by atoms with Gasteiger partial charge in [0.25, 0.3) is 5.69 Å². The number of rotatable bonds is 3. The van der Waals surface area contributed by atoms with E-state index < -0.39 is 4.92 Å². The maximum atomic E-state index is 12.1. The predicted octanol–water partition coefficient (Wildman–Crippen LogP) is 1.26. The van der Waals surface area contributed by atoms with Gasteiger partial charge in [0.05, 0.1) is 22.5 Å². The summed E-state index contributed by atoms with van der Waals surface area (Å²) in [7, 11) is 0. The van der Waals surface area contributed by atoms with Crippen molar-refractivity contribution in [2.24, 2.45) is 11.8 Å². The van der Waals surface area contributed by atoms with Crippen LogP contribution in [0.2, 0.25) is 0 Å². The van der Waals surface area contributed by atoms with E-state index in [1.54, 1.807) is 0 Å². The topological polar surface area (TPSA) is 108 Å². The van der Waals surface area contributed by atoms with Gasteiger partial charge in [-0.05, 0) is 24.6 Å². The summed E-state index contributed by atoms with van der Waals surface area (Å²) in [4.78, 5) is 22.5. The van der Waals surface area contributed by atoms with Gasteiger partial charge in [0, 0.05) is 12.6 Å². The number of nitrogens with one attached hydrogen (secondary N) is 2. The molecule has 2 unspecified atom stereocenters. The average Bonchev–Trinajstić information content (AvgIpc) is 2.85. The number of hydrogen-bond acceptors (Lipinski definition) is 5. The Kier molecular flexibility index (Phi) is 3.96. The lowest BCUT2D eigenvalue weighted by Gasteiger charge is -2.14. The van der Waals surface area contributed by atoms with Crippen LogP contribution in [0.5, 0.6) is 0 Å². The lowest BCUT2D eigenvalue weighted by molar-refractivity contribution is -0.384. The molecule has 2 atom stereocenters. The fourth-order valence-corrected chi connectivity index (χ4v) is 2.24. The first-order chi connectivity index (χ1) is 9.52. The maximum Gasteiger partial charge on any atom is 0.294 e. The third kappa shape index (κ3) is 2.75. The Morgan fingerprint density at radius 1 is 1.55 bits per heavy atom. The molecule has 1 aromatic carbocycles. The zero-order valence-corrected chi connectivity index (χ0v) is 10.9. The Bertz CT molecular complexity index is 594. The molecule has 0 aromatic heterocycles.